The van der Waals surface area contributed by atoms with Gasteiger partial charge in [-0.1, -0.05) is 29.8 Å². The number of amides is 1. The fourth-order valence-electron chi connectivity index (χ4n) is 1.65. The smallest absolute Gasteiger partial charge is 0.379 e. The van der Waals surface area contributed by atoms with Gasteiger partial charge in [0.25, 0.3) is 5.78 Å². The highest BCUT2D eigenvalue weighted by molar-refractivity contribution is 9.10. The number of carbonyl (C=O) groups excluding carboxylic acids is 2. The van der Waals surface area contributed by atoms with E-state index in [-0.39, 0.29) is 5.92 Å². The number of anilines is 1. The first-order valence-electron chi connectivity index (χ1n) is 6.71. The molecule has 8 heteroatoms. The molecule has 0 aliphatic heterocycles. The Kier molecular flexibility index (Phi) is 6.80. The van der Waals surface area contributed by atoms with Crippen molar-refractivity contribution in [3.8, 4) is 0 Å². The third-order valence-corrected chi connectivity index (χ3v) is 3.38. The van der Waals surface area contributed by atoms with Gasteiger partial charge in [-0.3, -0.25) is 9.59 Å². The highest BCUT2D eigenvalue weighted by Crippen LogP contribution is 2.17. The van der Waals surface area contributed by atoms with E-state index in [2.05, 4.69) is 26.6 Å². The van der Waals surface area contributed by atoms with Crippen LogP contribution in [0.2, 0.25) is 0 Å². The molecule has 0 saturated heterocycles. The summed E-state index contributed by atoms with van der Waals surface area (Å²) in [6.45, 7) is 3.47. The van der Waals surface area contributed by atoms with Gasteiger partial charge in [-0.15, -0.1) is 0 Å². The topological polar surface area (TPSA) is 58.2 Å². The summed E-state index contributed by atoms with van der Waals surface area (Å²) in [5.41, 5.74) is 0.556. The van der Waals surface area contributed by atoms with Crippen LogP contribution in [0.5, 0.6) is 0 Å². The van der Waals surface area contributed by atoms with E-state index in [1.807, 2.05) is 0 Å². The zero-order chi connectivity index (χ0) is 17.6. The van der Waals surface area contributed by atoms with Gasteiger partial charge in [0.1, 0.15) is 6.04 Å². The van der Waals surface area contributed by atoms with Crippen molar-refractivity contribution in [3.63, 3.8) is 0 Å². The summed E-state index contributed by atoms with van der Waals surface area (Å²) >= 11 is 3.27. The van der Waals surface area contributed by atoms with Crippen LogP contribution >= 0.6 is 15.9 Å². The van der Waals surface area contributed by atoms with Crippen LogP contribution in [-0.4, -0.2) is 23.9 Å². The van der Waals surface area contributed by atoms with Crippen molar-refractivity contribution in [1.82, 2.24) is 5.32 Å². The molecule has 0 heterocycles. The van der Waals surface area contributed by atoms with Gasteiger partial charge in [0, 0.05) is 22.4 Å². The first-order valence-corrected chi connectivity index (χ1v) is 7.50. The number of carbonyl (C=O) groups is 2. The second-order valence-electron chi connectivity index (χ2n) is 5.08. The molecule has 0 spiro atoms. The van der Waals surface area contributed by atoms with Gasteiger partial charge < -0.3 is 10.6 Å². The molecule has 1 unspecified atom stereocenters. The van der Waals surface area contributed by atoms with E-state index in [1.165, 1.54) is 0 Å². The minimum atomic E-state index is -4.93. The van der Waals surface area contributed by atoms with Crippen molar-refractivity contribution in [2.45, 2.75) is 26.1 Å². The van der Waals surface area contributed by atoms with Crippen molar-refractivity contribution < 1.29 is 22.8 Å². The van der Waals surface area contributed by atoms with Crippen molar-refractivity contribution >= 4 is 33.3 Å². The van der Waals surface area contributed by atoms with Crippen molar-refractivity contribution in [2.24, 2.45) is 5.92 Å². The van der Waals surface area contributed by atoms with E-state index >= 15 is 0 Å². The summed E-state index contributed by atoms with van der Waals surface area (Å²) in [6.07, 6.45) is -3.71. The molecule has 0 saturated carbocycles. The molecular weight excluding hydrogens is 377 g/mol. The van der Waals surface area contributed by atoms with Crippen LogP contribution in [-0.2, 0) is 9.59 Å². The highest BCUT2D eigenvalue weighted by Gasteiger charge is 2.36. The predicted molar refractivity (Wildman–Crippen MR) is 84.7 cm³/mol. The van der Waals surface area contributed by atoms with E-state index in [4.69, 9.17) is 0 Å². The maximum Gasteiger partial charge on any atom is 0.454 e. The number of hydrogen-bond acceptors (Lipinski definition) is 3. The average Bonchev–Trinajstić information content (AvgIpc) is 2.44. The second kappa shape index (κ2) is 8.14. The zero-order valence-corrected chi connectivity index (χ0v) is 14.0. The molecule has 126 valence electrons. The molecule has 0 aliphatic carbocycles. The Hall–Kier alpha value is -1.83. The lowest BCUT2D eigenvalue weighted by molar-refractivity contribution is -0.165. The van der Waals surface area contributed by atoms with Crippen LogP contribution in [0.3, 0.4) is 0 Å². The molecular formula is C15H16BrF3N2O2. The fourth-order valence-corrected chi connectivity index (χ4v) is 1.91. The van der Waals surface area contributed by atoms with E-state index in [0.29, 0.717) is 11.8 Å². The summed E-state index contributed by atoms with van der Waals surface area (Å²) < 4.78 is 37.1. The van der Waals surface area contributed by atoms with Gasteiger partial charge in [0.05, 0.1) is 0 Å². The molecule has 1 atom stereocenters. The number of ketones is 1. The van der Waals surface area contributed by atoms with Crippen LogP contribution in [0, 0.1) is 5.92 Å². The van der Waals surface area contributed by atoms with E-state index < -0.39 is 23.9 Å². The van der Waals surface area contributed by atoms with Gasteiger partial charge in [-0.05, 0) is 30.2 Å². The lowest BCUT2D eigenvalue weighted by Crippen LogP contribution is -2.42. The number of halogens is 4. The lowest BCUT2D eigenvalue weighted by atomic mass is 10.0. The molecule has 1 amide bonds. The van der Waals surface area contributed by atoms with Crippen molar-refractivity contribution in [1.29, 1.82) is 0 Å². The van der Waals surface area contributed by atoms with Crippen molar-refractivity contribution in [3.05, 3.63) is 41.0 Å². The molecule has 1 aromatic carbocycles. The van der Waals surface area contributed by atoms with Crippen LogP contribution < -0.4 is 10.6 Å². The van der Waals surface area contributed by atoms with Crippen molar-refractivity contribution in [2.75, 3.05) is 5.32 Å². The van der Waals surface area contributed by atoms with Gasteiger partial charge in [-0.2, -0.15) is 13.2 Å². The number of nitrogens with one attached hydrogen (secondary N) is 2. The maximum absolute atomic E-state index is 12.2. The first kappa shape index (κ1) is 19.2. The van der Waals surface area contributed by atoms with Crippen LogP contribution in [0.25, 0.3) is 0 Å². The van der Waals surface area contributed by atoms with E-state index in [0.717, 1.165) is 10.7 Å². The van der Waals surface area contributed by atoms with Gasteiger partial charge in [0.15, 0.2) is 0 Å². The molecule has 1 rings (SSSR count). The fraction of sp³-hybridized carbons (Fsp3) is 0.333. The Labute approximate surface area is 140 Å². The number of allylic oxidation sites excluding steroid dienone is 1. The number of benzene rings is 1. The van der Waals surface area contributed by atoms with Gasteiger partial charge in [0.2, 0.25) is 5.91 Å². The molecule has 2 N–H and O–H groups in total. The molecule has 0 radical (unpaired) electrons. The molecule has 23 heavy (non-hydrogen) atoms. The van der Waals surface area contributed by atoms with Gasteiger partial charge in [-0.25, -0.2) is 0 Å². The summed E-state index contributed by atoms with van der Waals surface area (Å²) in [4.78, 5) is 22.9. The summed E-state index contributed by atoms with van der Waals surface area (Å²) in [6, 6.07) is 6.08. The molecule has 0 bridgehead atoms. The summed E-state index contributed by atoms with van der Waals surface area (Å²) in [5.74, 6) is -2.59. The SMILES string of the molecule is CC(C)C(N/C=C/C(=O)C(F)(F)F)C(=O)Nc1ccc(Br)cc1. The minimum absolute atomic E-state index is 0.198. The summed E-state index contributed by atoms with van der Waals surface area (Å²) in [5, 5.41) is 5.19. The lowest BCUT2D eigenvalue weighted by Gasteiger charge is -2.20. The van der Waals surface area contributed by atoms with Crippen LogP contribution in [0.1, 0.15) is 13.8 Å². The Balaban J connectivity index is 2.70. The molecule has 0 aliphatic rings. The third-order valence-electron chi connectivity index (χ3n) is 2.85. The molecule has 0 fully saturated rings. The Morgan fingerprint density at radius 3 is 2.22 bits per heavy atom. The second-order valence-corrected chi connectivity index (χ2v) is 6.00. The average molecular weight is 393 g/mol. The quantitative estimate of drug-likeness (QED) is 0.726. The number of hydrogen-bond donors (Lipinski definition) is 2. The number of rotatable bonds is 6. The maximum atomic E-state index is 12.2. The zero-order valence-electron chi connectivity index (χ0n) is 12.4. The minimum Gasteiger partial charge on any atom is -0.379 e. The van der Waals surface area contributed by atoms with Crippen LogP contribution in [0.4, 0.5) is 18.9 Å². The van der Waals surface area contributed by atoms with E-state index in [9.17, 15) is 22.8 Å². The third kappa shape index (κ3) is 6.43. The van der Waals surface area contributed by atoms with Gasteiger partial charge >= 0.3 is 6.18 Å². The normalized spacial score (nSPS) is 13.2. The van der Waals surface area contributed by atoms with Crippen LogP contribution in [0.15, 0.2) is 41.0 Å². The standard InChI is InChI=1S/C15H16BrF3N2O2/c1-9(2)13(20-8-7-12(22)15(17,18)19)14(23)21-11-5-3-10(16)4-6-11/h3-9,13,20H,1-2H3,(H,21,23)/b8-7+. The van der Waals surface area contributed by atoms with E-state index in [1.54, 1.807) is 38.1 Å². The molecule has 0 aromatic heterocycles. The Bertz CT molecular complexity index is 583. The monoisotopic (exact) mass is 392 g/mol. The largest absolute Gasteiger partial charge is 0.454 e. The molecule has 4 nitrogen and oxygen atoms in total. The number of alkyl halides is 3. The Morgan fingerprint density at radius 2 is 1.74 bits per heavy atom. The predicted octanol–water partition coefficient (Wildman–Crippen LogP) is 3.65. The first-order chi connectivity index (χ1) is 10.6. The summed E-state index contributed by atoms with van der Waals surface area (Å²) in [7, 11) is 0. The highest BCUT2D eigenvalue weighted by atomic mass is 79.9. The molecule has 1 aromatic rings. The Morgan fingerprint density at radius 1 is 1.17 bits per heavy atom.